The van der Waals surface area contributed by atoms with Gasteiger partial charge in [-0.15, -0.1) is 5.10 Å². The molecule has 0 atom stereocenters. The molecular formula is C17H23N5O4. The molecule has 0 aliphatic heterocycles. The second-order valence-corrected chi connectivity index (χ2v) is 5.59. The summed E-state index contributed by atoms with van der Waals surface area (Å²) >= 11 is 0. The van der Waals surface area contributed by atoms with E-state index in [4.69, 9.17) is 15.3 Å². The topological polar surface area (TPSA) is 120 Å². The Morgan fingerprint density at radius 3 is 2.65 bits per heavy atom. The molecule has 0 fully saturated rings. The maximum absolute atomic E-state index is 12.3. The van der Waals surface area contributed by atoms with Crippen LogP contribution in [0.1, 0.15) is 32.8 Å². The first-order valence-electron chi connectivity index (χ1n) is 8.10. The maximum Gasteiger partial charge on any atom is 0.283 e. The van der Waals surface area contributed by atoms with Crippen molar-refractivity contribution in [2.45, 2.75) is 13.3 Å². The van der Waals surface area contributed by atoms with Gasteiger partial charge in [0.1, 0.15) is 5.75 Å². The van der Waals surface area contributed by atoms with Crippen molar-refractivity contribution in [3.8, 4) is 11.6 Å². The van der Waals surface area contributed by atoms with E-state index in [-0.39, 0.29) is 22.9 Å². The number of aromatic nitrogens is 2. The zero-order valence-electron chi connectivity index (χ0n) is 15.0. The molecule has 140 valence electrons. The lowest BCUT2D eigenvalue weighted by Gasteiger charge is -2.11. The number of benzene rings is 1. The van der Waals surface area contributed by atoms with Gasteiger partial charge in [-0.2, -0.15) is 5.48 Å². The van der Waals surface area contributed by atoms with Crippen molar-refractivity contribution < 1.29 is 19.2 Å². The first kappa shape index (κ1) is 19.3. The number of aryl methyl sites for hydroxylation is 2. The zero-order valence-corrected chi connectivity index (χ0v) is 15.0. The standard InChI is InChI=1S/C17H23N5O4/c1-11-9-15(20-22(11)2)26-21-16(23)12-5-6-14(25-3)13(10-12)17(24)19-8-4-7-18/h5-6,9-10H,4,7-8,18H2,1-3H3,(H,19,24)(H,21,23). The minimum absolute atomic E-state index is 0.252. The summed E-state index contributed by atoms with van der Waals surface area (Å²) in [4.78, 5) is 29.8. The van der Waals surface area contributed by atoms with Gasteiger partial charge in [-0.3, -0.25) is 14.3 Å². The highest BCUT2D eigenvalue weighted by Crippen LogP contribution is 2.20. The number of rotatable bonds is 8. The molecule has 0 bridgehead atoms. The van der Waals surface area contributed by atoms with Gasteiger partial charge in [-0.1, -0.05) is 0 Å². The highest BCUT2D eigenvalue weighted by molar-refractivity contribution is 6.01. The lowest BCUT2D eigenvalue weighted by molar-refractivity contribution is 0.0749. The van der Waals surface area contributed by atoms with Crippen LogP contribution < -0.4 is 26.1 Å². The second kappa shape index (κ2) is 8.86. The van der Waals surface area contributed by atoms with Crippen LogP contribution in [0, 0.1) is 6.92 Å². The molecule has 2 rings (SSSR count). The Morgan fingerprint density at radius 2 is 2.04 bits per heavy atom. The number of hydroxylamine groups is 1. The smallest absolute Gasteiger partial charge is 0.283 e. The Hall–Kier alpha value is -3.07. The first-order valence-corrected chi connectivity index (χ1v) is 8.10. The third-order valence-electron chi connectivity index (χ3n) is 3.71. The van der Waals surface area contributed by atoms with E-state index in [9.17, 15) is 9.59 Å². The molecule has 1 heterocycles. The van der Waals surface area contributed by atoms with Crippen molar-refractivity contribution >= 4 is 11.8 Å². The van der Waals surface area contributed by atoms with E-state index in [1.54, 1.807) is 23.9 Å². The molecule has 0 radical (unpaired) electrons. The van der Waals surface area contributed by atoms with Crippen LogP contribution in [0.3, 0.4) is 0 Å². The van der Waals surface area contributed by atoms with E-state index in [1.165, 1.54) is 19.2 Å². The van der Waals surface area contributed by atoms with E-state index in [0.29, 0.717) is 25.3 Å². The number of nitrogens with zero attached hydrogens (tertiary/aromatic N) is 2. The van der Waals surface area contributed by atoms with Crippen LogP contribution in [0.2, 0.25) is 0 Å². The number of hydrogen-bond donors (Lipinski definition) is 3. The van der Waals surface area contributed by atoms with Crippen molar-refractivity contribution in [1.29, 1.82) is 0 Å². The number of ether oxygens (including phenoxy) is 1. The summed E-state index contributed by atoms with van der Waals surface area (Å²) in [6, 6.07) is 6.22. The van der Waals surface area contributed by atoms with Gasteiger partial charge in [0.05, 0.1) is 12.7 Å². The molecule has 9 heteroatoms. The second-order valence-electron chi connectivity index (χ2n) is 5.59. The number of nitrogens with one attached hydrogen (secondary N) is 2. The fourth-order valence-corrected chi connectivity index (χ4v) is 2.16. The van der Waals surface area contributed by atoms with Crippen LogP contribution >= 0.6 is 0 Å². The minimum atomic E-state index is -0.507. The Morgan fingerprint density at radius 1 is 1.27 bits per heavy atom. The monoisotopic (exact) mass is 361 g/mol. The third-order valence-corrected chi connectivity index (χ3v) is 3.71. The largest absolute Gasteiger partial charge is 0.496 e. The number of nitrogens with two attached hydrogens (primary N) is 1. The first-order chi connectivity index (χ1) is 12.5. The predicted octanol–water partition coefficient (Wildman–Crippen LogP) is 0.540. The average Bonchev–Trinajstić information content (AvgIpc) is 2.97. The fourth-order valence-electron chi connectivity index (χ4n) is 2.16. The Kier molecular flexibility index (Phi) is 6.56. The molecule has 26 heavy (non-hydrogen) atoms. The molecule has 1 aromatic heterocycles. The van der Waals surface area contributed by atoms with Crippen LogP contribution in [0.25, 0.3) is 0 Å². The number of carbonyl (C=O) groups is 2. The van der Waals surface area contributed by atoms with Crippen molar-refractivity contribution in [3.05, 3.63) is 41.1 Å². The van der Waals surface area contributed by atoms with Gasteiger partial charge in [-0.25, -0.2) is 0 Å². The van der Waals surface area contributed by atoms with E-state index in [0.717, 1.165) is 5.69 Å². The highest BCUT2D eigenvalue weighted by atomic mass is 16.7. The predicted molar refractivity (Wildman–Crippen MR) is 95.0 cm³/mol. The summed E-state index contributed by atoms with van der Waals surface area (Å²) in [6.45, 7) is 2.78. The SMILES string of the molecule is COc1ccc(C(=O)NOc2cc(C)n(C)n2)cc1C(=O)NCCCN. The lowest BCUT2D eigenvalue weighted by atomic mass is 10.1. The fraction of sp³-hybridized carbons (Fsp3) is 0.353. The molecule has 0 aliphatic carbocycles. The Bertz CT molecular complexity index is 768. The van der Waals surface area contributed by atoms with Crippen molar-refractivity contribution in [2.24, 2.45) is 12.8 Å². The van der Waals surface area contributed by atoms with Crippen LogP contribution in [0.5, 0.6) is 11.6 Å². The summed E-state index contributed by atoms with van der Waals surface area (Å²) < 4.78 is 6.82. The molecule has 1 aromatic carbocycles. The maximum atomic E-state index is 12.3. The lowest BCUT2D eigenvalue weighted by Crippen LogP contribution is -2.29. The Labute approximate surface area is 151 Å². The number of methoxy groups -OCH3 is 1. The Balaban J connectivity index is 2.09. The van der Waals surface area contributed by atoms with Crippen LogP contribution in [0.4, 0.5) is 0 Å². The number of hydrogen-bond acceptors (Lipinski definition) is 6. The summed E-state index contributed by atoms with van der Waals surface area (Å²) in [5.41, 5.74) is 9.12. The molecule has 2 aromatic rings. The molecule has 0 saturated heterocycles. The highest BCUT2D eigenvalue weighted by Gasteiger charge is 2.16. The van der Waals surface area contributed by atoms with Crippen molar-refractivity contribution in [3.63, 3.8) is 0 Å². The molecule has 0 aliphatic rings. The van der Waals surface area contributed by atoms with Gasteiger partial charge in [-0.05, 0) is 38.1 Å². The van der Waals surface area contributed by atoms with Crippen molar-refractivity contribution in [1.82, 2.24) is 20.6 Å². The van der Waals surface area contributed by atoms with Gasteiger partial charge < -0.3 is 20.6 Å². The van der Waals surface area contributed by atoms with Crippen LogP contribution in [-0.2, 0) is 7.05 Å². The van der Waals surface area contributed by atoms with E-state index < -0.39 is 5.91 Å². The minimum Gasteiger partial charge on any atom is -0.496 e. The average molecular weight is 361 g/mol. The van der Waals surface area contributed by atoms with Gasteiger partial charge in [0, 0.05) is 30.9 Å². The summed E-state index contributed by atoms with van der Waals surface area (Å²) in [7, 11) is 3.22. The van der Waals surface area contributed by atoms with E-state index >= 15 is 0 Å². The van der Waals surface area contributed by atoms with Crippen molar-refractivity contribution in [2.75, 3.05) is 20.2 Å². The quantitative estimate of drug-likeness (QED) is 0.466. The normalized spacial score (nSPS) is 10.3. The van der Waals surface area contributed by atoms with Crippen LogP contribution in [0.15, 0.2) is 24.3 Å². The molecule has 2 amide bonds. The molecule has 0 unspecified atom stereocenters. The van der Waals surface area contributed by atoms with Gasteiger partial charge in [0.2, 0.25) is 0 Å². The molecule has 4 N–H and O–H groups in total. The molecule has 0 spiro atoms. The molecule has 0 saturated carbocycles. The van der Waals surface area contributed by atoms with Crippen LogP contribution in [-0.4, -0.2) is 41.8 Å². The van der Waals surface area contributed by atoms with E-state index in [2.05, 4.69) is 15.9 Å². The molecule has 9 nitrogen and oxygen atoms in total. The summed E-state index contributed by atoms with van der Waals surface area (Å²) in [6.07, 6.45) is 0.658. The number of carbonyl (C=O) groups excluding carboxylic acids is 2. The third kappa shape index (κ3) is 4.73. The van der Waals surface area contributed by atoms with Gasteiger partial charge in [0.15, 0.2) is 0 Å². The van der Waals surface area contributed by atoms with Gasteiger partial charge >= 0.3 is 0 Å². The summed E-state index contributed by atoms with van der Waals surface area (Å²) in [5, 5.41) is 6.81. The van der Waals surface area contributed by atoms with E-state index in [1.807, 2.05) is 6.92 Å². The van der Waals surface area contributed by atoms with Gasteiger partial charge in [0.25, 0.3) is 17.7 Å². The number of amides is 2. The zero-order chi connectivity index (χ0) is 19.1. The summed E-state index contributed by atoms with van der Waals surface area (Å²) in [5.74, 6) is -0.210. The molecular weight excluding hydrogens is 338 g/mol.